The van der Waals surface area contributed by atoms with Crippen molar-refractivity contribution in [3.8, 4) is 0 Å². The van der Waals surface area contributed by atoms with Gasteiger partial charge in [0.25, 0.3) is 0 Å². The maximum Gasteiger partial charge on any atom is 0.191 e. The fourth-order valence-electron chi connectivity index (χ4n) is 1.94. The summed E-state index contributed by atoms with van der Waals surface area (Å²) in [5.74, 6) is 0. The number of hydrogen-bond donors (Lipinski definition) is 0. The van der Waals surface area contributed by atoms with Gasteiger partial charge in [0.15, 0.2) is 5.69 Å². The Labute approximate surface area is 85.0 Å². The van der Waals surface area contributed by atoms with Gasteiger partial charge in [-0.2, -0.15) is 0 Å². The minimum atomic E-state index is 0.805. The Morgan fingerprint density at radius 1 is 1.21 bits per heavy atom. The zero-order valence-electron chi connectivity index (χ0n) is 8.24. The van der Waals surface area contributed by atoms with Gasteiger partial charge in [-0.25, -0.2) is 4.85 Å². The van der Waals surface area contributed by atoms with E-state index in [1.165, 1.54) is 31.5 Å². The zero-order valence-corrected chi connectivity index (χ0v) is 8.24. The van der Waals surface area contributed by atoms with E-state index in [1.54, 1.807) is 0 Å². The molecule has 2 heteroatoms. The minimum absolute atomic E-state index is 0.805. The molecular weight excluding hydrogens is 172 g/mol. The SMILES string of the molecule is [C-]#[N+]c1ccccc1CN1CCCC1. The van der Waals surface area contributed by atoms with Crippen molar-refractivity contribution in [2.24, 2.45) is 0 Å². The van der Waals surface area contributed by atoms with Crippen LogP contribution < -0.4 is 0 Å². The van der Waals surface area contributed by atoms with Crippen molar-refractivity contribution >= 4 is 5.69 Å². The van der Waals surface area contributed by atoms with Crippen molar-refractivity contribution in [1.29, 1.82) is 0 Å². The third-order valence-corrected chi connectivity index (χ3v) is 2.70. The highest BCUT2D eigenvalue weighted by Crippen LogP contribution is 2.21. The average molecular weight is 186 g/mol. The van der Waals surface area contributed by atoms with E-state index in [4.69, 9.17) is 6.57 Å². The van der Waals surface area contributed by atoms with E-state index in [2.05, 4.69) is 15.8 Å². The maximum atomic E-state index is 7.07. The molecule has 0 atom stereocenters. The Morgan fingerprint density at radius 3 is 2.64 bits per heavy atom. The van der Waals surface area contributed by atoms with Gasteiger partial charge in [0.2, 0.25) is 0 Å². The lowest BCUT2D eigenvalue weighted by molar-refractivity contribution is 0.332. The fraction of sp³-hybridized carbons (Fsp3) is 0.417. The maximum absolute atomic E-state index is 7.07. The van der Waals surface area contributed by atoms with Crippen molar-refractivity contribution in [1.82, 2.24) is 4.90 Å². The number of para-hydroxylation sites is 1. The first-order valence-electron chi connectivity index (χ1n) is 5.08. The Kier molecular flexibility index (Phi) is 2.81. The largest absolute Gasteiger partial charge is 0.300 e. The monoisotopic (exact) mass is 186 g/mol. The third-order valence-electron chi connectivity index (χ3n) is 2.70. The van der Waals surface area contributed by atoms with Crippen molar-refractivity contribution in [3.05, 3.63) is 41.2 Å². The number of benzene rings is 1. The molecule has 1 aromatic rings. The summed E-state index contributed by atoms with van der Waals surface area (Å²) in [6.07, 6.45) is 2.61. The molecule has 0 aromatic heterocycles. The van der Waals surface area contributed by atoms with Gasteiger partial charge < -0.3 is 4.90 Å². The summed E-state index contributed by atoms with van der Waals surface area (Å²) >= 11 is 0. The van der Waals surface area contributed by atoms with E-state index in [0.29, 0.717) is 0 Å². The van der Waals surface area contributed by atoms with Crippen LogP contribution in [0.2, 0.25) is 0 Å². The molecule has 1 heterocycles. The first-order valence-corrected chi connectivity index (χ1v) is 5.08. The van der Waals surface area contributed by atoms with Crippen LogP contribution in [0.1, 0.15) is 18.4 Å². The van der Waals surface area contributed by atoms with Crippen LogP contribution in [0.15, 0.2) is 24.3 Å². The zero-order chi connectivity index (χ0) is 9.80. The van der Waals surface area contributed by atoms with Gasteiger partial charge in [0, 0.05) is 6.54 Å². The average Bonchev–Trinajstić information content (AvgIpc) is 2.71. The van der Waals surface area contributed by atoms with E-state index < -0.39 is 0 Å². The molecule has 0 N–H and O–H groups in total. The van der Waals surface area contributed by atoms with Gasteiger partial charge in [0.1, 0.15) is 0 Å². The molecule has 0 saturated carbocycles. The number of likely N-dealkylation sites (tertiary alicyclic amines) is 1. The lowest BCUT2D eigenvalue weighted by Gasteiger charge is -2.15. The highest BCUT2D eigenvalue weighted by molar-refractivity contribution is 5.51. The van der Waals surface area contributed by atoms with Crippen LogP contribution in [-0.4, -0.2) is 18.0 Å². The number of nitrogens with zero attached hydrogens (tertiary/aromatic N) is 2. The Morgan fingerprint density at radius 2 is 1.93 bits per heavy atom. The quantitative estimate of drug-likeness (QED) is 0.644. The molecule has 0 aliphatic carbocycles. The minimum Gasteiger partial charge on any atom is -0.300 e. The molecule has 14 heavy (non-hydrogen) atoms. The first kappa shape index (κ1) is 9.23. The molecule has 1 fully saturated rings. The Balaban J connectivity index is 2.11. The summed E-state index contributed by atoms with van der Waals surface area (Å²) in [7, 11) is 0. The molecule has 1 aromatic carbocycles. The molecule has 2 nitrogen and oxygen atoms in total. The Bertz CT molecular complexity index is 346. The van der Waals surface area contributed by atoms with E-state index in [9.17, 15) is 0 Å². The normalized spacial score (nSPS) is 16.8. The highest BCUT2D eigenvalue weighted by atomic mass is 15.1. The lowest BCUT2D eigenvalue weighted by atomic mass is 10.2. The summed E-state index contributed by atoms with van der Waals surface area (Å²) in [5, 5.41) is 0. The molecule has 0 bridgehead atoms. The van der Waals surface area contributed by atoms with Crippen molar-refractivity contribution in [2.75, 3.05) is 13.1 Å². The van der Waals surface area contributed by atoms with Gasteiger partial charge >= 0.3 is 0 Å². The summed E-state index contributed by atoms with van der Waals surface area (Å²) in [6.45, 7) is 10.4. The molecule has 1 saturated heterocycles. The Hall–Kier alpha value is -1.33. The van der Waals surface area contributed by atoms with Crippen LogP contribution in [-0.2, 0) is 6.54 Å². The smallest absolute Gasteiger partial charge is 0.191 e. The van der Waals surface area contributed by atoms with Crippen LogP contribution >= 0.6 is 0 Å². The highest BCUT2D eigenvalue weighted by Gasteiger charge is 2.12. The van der Waals surface area contributed by atoms with E-state index in [-0.39, 0.29) is 0 Å². The van der Waals surface area contributed by atoms with Crippen molar-refractivity contribution in [3.63, 3.8) is 0 Å². The second-order valence-corrected chi connectivity index (χ2v) is 3.72. The summed E-state index contributed by atoms with van der Waals surface area (Å²) in [4.78, 5) is 5.96. The molecule has 0 spiro atoms. The molecular formula is C12H14N2. The predicted octanol–water partition coefficient (Wildman–Crippen LogP) is 2.83. The summed E-state index contributed by atoms with van der Waals surface area (Å²) < 4.78 is 0. The van der Waals surface area contributed by atoms with Crippen LogP contribution in [0.3, 0.4) is 0 Å². The lowest BCUT2D eigenvalue weighted by Crippen LogP contribution is -2.18. The second-order valence-electron chi connectivity index (χ2n) is 3.72. The molecule has 72 valence electrons. The van der Waals surface area contributed by atoms with Gasteiger partial charge in [-0.3, -0.25) is 0 Å². The topological polar surface area (TPSA) is 7.60 Å². The molecule has 2 rings (SSSR count). The van der Waals surface area contributed by atoms with Gasteiger partial charge in [-0.05, 0) is 31.5 Å². The van der Waals surface area contributed by atoms with E-state index in [0.717, 1.165) is 12.2 Å². The van der Waals surface area contributed by atoms with Crippen LogP contribution in [0.25, 0.3) is 4.85 Å². The molecule has 0 amide bonds. The molecule has 1 aliphatic rings. The predicted molar refractivity (Wildman–Crippen MR) is 57.2 cm³/mol. The first-order chi connectivity index (χ1) is 6.90. The van der Waals surface area contributed by atoms with Crippen LogP contribution in [0.5, 0.6) is 0 Å². The number of rotatable bonds is 2. The fourth-order valence-corrected chi connectivity index (χ4v) is 1.94. The van der Waals surface area contributed by atoms with Crippen LogP contribution in [0, 0.1) is 6.57 Å². The summed E-state index contributed by atoms with van der Waals surface area (Å²) in [6, 6.07) is 7.91. The van der Waals surface area contributed by atoms with Crippen LogP contribution in [0.4, 0.5) is 5.69 Å². The second kappa shape index (κ2) is 4.26. The number of hydrogen-bond acceptors (Lipinski definition) is 1. The summed E-state index contributed by atoms with van der Waals surface area (Å²) in [5.41, 5.74) is 1.98. The van der Waals surface area contributed by atoms with E-state index in [1.807, 2.05) is 18.2 Å². The molecule has 0 radical (unpaired) electrons. The van der Waals surface area contributed by atoms with Gasteiger partial charge in [0.05, 0.1) is 6.57 Å². The molecule has 0 unspecified atom stereocenters. The van der Waals surface area contributed by atoms with E-state index >= 15 is 0 Å². The van der Waals surface area contributed by atoms with Crippen molar-refractivity contribution in [2.45, 2.75) is 19.4 Å². The third kappa shape index (κ3) is 1.94. The molecule has 1 aliphatic heterocycles. The van der Waals surface area contributed by atoms with Gasteiger partial charge in [-0.1, -0.05) is 24.3 Å². The standard InChI is InChI=1S/C12H14N2/c1-13-12-7-3-2-6-11(12)10-14-8-4-5-9-14/h2-3,6-7H,4-5,8-10H2. The van der Waals surface area contributed by atoms with Gasteiger partial charge in [-0.15, -0.1) is 0 Å². The van der Waals surface area contributed by atoms with Crippen molar-refractivity contribution < 1.29 is 0 Å².